The highest BCUT2D eigenvalue weighted by atomic mass is 16.3. The van der Waals surface area contributed by atoms with Crippen LogP contribution in [0.4, 0.5) is 34.1 Å². The van der Waals surface area contributed by atoms with Crippen LogP contribution in [0.25, 0.3) is 49.4 Å². The van der Waals surface area contributed by atoms with E-state index in [9.17, 15) is 0 Å². The molecule has 0 saturated heterocycles. The van der Waals surface area contributed by atoms with E-state index in [-0.39, 0.29) is 0 Å². The minimum Gasteiger partial charge on any atom is -0.456 e. The van der Waals surface area contributed by atoms with Crippen molar-refractivity contribution in [3.8, 4) is 5.69 Å². The summed E-state index contributed by atoms with van der Waals surface area (Å²) in [5, 5.41) is 4.58. The number of furan rings is 1. The lowest BCUT2D eigenvalue weighted by molar-refractivity contribution is 0.669. The number of aromatic nitrogens is 1. The van der Waals surface area contributed by atoms with Gasteiger partial charge < -0.3 is 18.8 Å². The summed E-state index contributed by atoms with van der Waals surface area (Å²) in [7, 11) is 0. The van der Waals surface area contributed by atoms with Crippen LogP contribution in [0.3, 0.4) is 0 Å². The van der Waals surface area contributed by atoms with E-state index in [0.717, 1.165) is 72.8 Å². The van der Waals surface area contributed by atoms with Gasteiger partial charge in [-0.1, -0.05) is 97.1 Å². The van der Waals surface area contributed by atoms with Crippen molar-refractivity contribution in [2.75, 3.05) is 9.80 Å². The molecular formula is C48H33N3O. The van der Waals surface area contributed by atoms with Crippen LogP contribution >= 0.6 is 0 Å². The van der Waals surface area contributed by atoms with E-state index in [1.807, 2.05) is 12.1 Å². The van der Waals surface area contributed by atoms with Crippen molar-refractivity contribution in [2.24, 2.45) is 0 Å². The lowest BCUT2D eigenvalue weighted by Gasteiger charge is -2.26. The normalized spacial score (nSPS) is 11.5. The highest BCUT2D eigenvalue weighted by Crippen LogP contribution is 2.43. The van der Waals surface area contributed by atoms with Crippen molar-refractivity contribution in [2.45, 2.75) is 0 Å². The van der Waals surface area contributed by atoms with E-state index in [0.29, 0.717) is 0 Å². The lowest BCUT2D eigenvalue weighted by Crippen LogP contribution is -2.10. The Kier molecular flexibility index (Phi) is 7.10. The Morgan fingerprint density at radius 3 is 1.40 bits per heavy atom. The van der Waals surface area contributed by atoms with Crippen molar-refractivity contribution in [3.05, 3.63) is 200 Å². The van der Waals surface area contributed by atoms with Gasteiger partial charge in [0, 0.05) is 67.4 Å². The van der Waals surface area contributed by atoms with E-state index in [1.165, 1.54) is 10.8 Å². The van der Waals surface area contributed by atoms with Crippen LogP contribution in [-0.4, -0.2) is 4.57 Å². The van der Waals surface area contributed by atoms with Crippen LogP contribution in [0.15, 0.2) is 205 Å². The van der Waals surface area contributed by atoms with Gasteiger partial charge in [0.1, 0.15) is 11.2 Å². The summed E-state index contributed by atoms with van der Waals surface area (Å²) in [6, 6.07) is 70.8. The molecule has 0 N–H and O–H groups in total. The SMILES string of the molecule is c1ccc(N(c2ccccc2)c2cccc(-n3c4ccc(N(c5ccccc5)c5ccccc5)cc4c4cc5c(cc43)oc3ccccc35)c2)cc1. The minimum absolute atomic E-state index is 0.875. The van der Waals surface area contributed by atoms with Gasteiger partial charge in [-0.25, -0.2) is 0 Å². The summed E-state index contributed by atoms with van der Waals surface area (Å²) in [6.07, 6.45) is 0. The van der Waals surface area contributed by atoms with Crippen LogP contribution < -0.4 is 9.80 Å². The second-order valence-electron chi connectivity index (χ2n) is 13.0. The molecule has 0 radical (unpaired) electrons. The summed E-state index contributed by atoms with van der Waals surface area (Å²) in [5.41, 5.74) is 11.6. The summed E-state index contributed by atoms with van der Waals surface area (Å²) in [6.45, 7) is 0. The Morgan fingerprint density at radius 1 is 0.308 bits per heavy atom. The maximum absolute atomic E-state index is 6.47. The van der Waals surface area contributed by atoms with Crippen molar-refractivity contribution in [1.29, 1.82) is 0 Å². The maximum Gasteiger partial charge on any atom is 0.137 e. The third-order valence-electron chi connectivity index (χ3n) is 9.91. The van der Waals surface area contributed by atoms with E-state index in [1.54, 1.807) is 0 Å². The molecule has 0 unspecified atom stereocenters. The summed E-state index contributed by atoms with van der Waals surface area (Å²) in [5.74, 6) is 0. The van der Waals surface area contributed by atoms with Gasteiger partial charge in [0.15, 0.2) is 0 Å². The second kappa shape index (κ2) is 12.4. The van der Waals surface area contributed by atoms with Crippen molar-refractivity contribution in [3.63, 3.8) is 0 Å². The molecule has 0 atom stereocenters. The maximum atomic E-state index is 6.47. The first kappa shape index (κ1) is 29.8. The molecule has 0 aliphatic heterocycles. The Bertz CT molecular complexity index is 2760. The van der Waals surface area contributed by atoms with Gasteiger partial charge in [-0.15, -0.1) is 0 Å². The number of benzene rings is 8. The van der Waals surface area contributed by atoms with E-state index < -0.39 is 0 Å². The molecule has 4 heteroatoms. The number of nitrogens with zero attached hydrogens (tertiary/aromatic N) is 3. The fourth-order valence-corrected chi connectivity index (χ4v) is 7.62. The third kappa shape index (κ3) is 5.00. The first-order valence-corrected chi connectivity index (χ1v) is 17.6. The first-order chi connectivity index (χ1) is 25.8. The fraction of sp³-hybridized carbons (Fsp3) is 0. The molecule has 0 fully saturated rings. The summed E-state index contributed by atoms with van der Waals surface area (Å²) in [4.78, 5) is 4.64. The molecule has 0 amide bonds. The van der Waals surface area contributed by atoms with Crippen molar-refractivity contribution in [1.82, 2.24) is 4.57 Å². The van der Waals surface area contributed by atoms with Gasteiger partial charge in [0.25, 0.3) is 0 Å². The number of hydrogen-bond donors (Lipinski definition) is 0. The number of anilines is 6. The highest BCUT2D eigenvalue weighted by Gasteiger charge is 2.20. The predicted octanol–water partition coefficient (Wildman–Crippen LogP) is 13.6. The van der Waals surface area contributed by atoms with Gasteiger partial charge in [0.2, 0.25) is 0 Å². The largest absolute Gasteiger partial charge is 0.456 e. The number of hydrogen-bond acceptors (Lipinski definition) is 3. The lowest BCUT2D eigenvalue weighted by atomic mass is 10.1. The molecule has 0 bridgehead atoms. The van der Waals surface area contributed by atoms with E-state index in [4.69, 9.17) is 4.42 Å². The fourth-order valence-electron chi connectivity index (χ4n) is 7.62. The summed E-state index contributed by atoms with van der Waals surface area (Å²) >= 11 is 0. The Labute approximate surface area is 301 Å². The number of fused-ring (bicyclic) bond motifs is 6. The predicted molar refractivity (Wildman–Crippen MR) is 217 cm³/mol. The zero-order valence-electron chi connectivity index (χ0n) is 28.3. The molecule has 10 aromatic rings. The highest BCUT2D eigenvalue weighted by molar-refractivity contribution is 6.18. The quantitative estimate of drug-likeness (QED) is 0.169. The van der Waals surface area contributed by atoms with Gasteiger partial charge >= 0.3 is 0 Å². The molecule has 2 aromatic heterocycles. The Balaban J connectivity index is 1.23. The average molecular weight is 668 g/mol. The molecule has 0 spiro atoms. The second-order valence-corrected chi connectivity index (χ2v) is 13.0. The molecule has 10 rings (SSSR count). The standard InChI is InChI=1S/C48H33N3O/c1-5-16-34(17-6-1)49(35-18-7-2-8-19-35)38-24-15-25-39(30-38)51-45-29-28-40(50(36-20-9-3-10-21-36)37-22-11-4-12-23-37)31-42(45)43-32-44-41-26-13-14-27-47(41)52-48(44)33-46(43)51/h1-33H. The molecule has 0 aliphatic rings. The number of para-hydroxylation sites is 5. The first-order valence-electron chi connectivity index (χ1n) is 17.6. The molecule has 4 nitrogen and oxygen atoms in total. The minimum atomic E-state index is 0.875. The molecule has 0 aliphatic carbocycles. The molecule has 246 valence electrons. The molecular weight excluding hydrogens is 635 g/mol. The van der Waals surface area contributed by atoms with E-state index in [2.05, 4.69) is 202 Å². The Hall–Kier alpha value is -7.04. The zero-order chi connectivity index (χ0) is 34.4. The molecule has 2 heterocycles. The van der Waals surface area contributed by atoms with Gasteiger partial charge in [-0.2, -0.15) is 0 Å². The topological polar surface area (TPSA) is 24.6 Å². The van der Waals surface area contributed by atoms with E-state index >= 15 is 0 Å². The molecule has 0 saturated carbocycles. The number of rotatable bonds is 7. The third-order valence-corrected chi connectivity index (χ3v) is 9.91. The molecule has 52 heavy (non-hydrogen) atoms. The smallest absolute Gasteiger partial charge is 0.137 e. The van der Waals surface area contributed by atoms with Crippen molar-refractivity contribution < 1.29 is 4.42 Å². The van der Waals surface area contributed by atoms with Crippen LogP contribution in [0.5, 0.6) is 0 Å². The summed E-state index contributed by atoms with van der Waals surface area (Å²) < 4.78 is 8.86. The van der Waals surface area contributed by atoms with Crippen LogP contribution in [-0.2, 0) is 0 Å². The van der Waals surface area contributed by atoms with Gasteiger partial charge in [-0.3, -0.25) is 0 Å². The van der Waals surface area contributed by atoms with Crippen LogP contribution in [0.2, 0.25) is 0 Å². The molecule has 8 aromatic carbocycles. The Morgan fingerprint density at radius 2 is 0.808 bits per heavy atom. The van der Waals surface area contributed by atoms with Crippen LogP contribution in [0.1, 0.15) is 0 Å². The zero-order valence-corrected chi connectivity index (χ0v) is 28.3. The van der Waals surface area contributed by atoms with Gasteiger partial charge in [-0.05, 0) is 97.1 Å². The average Bonchev–Trinajstić information content (AvgIpc) is 3.73. The van der Waals surface area contributed by atoms with Crippen molar-refractivity contribution >= 4 is 77.9 Å². The van der Waals surface area contributed by atoms with Gasteiger partial charge in [0.05, 0.1) is 11.0 Å². The van der Waals surface area contributed by atoms with Crippen LogP contribution in [0, 0.1) is 0 Å². The monoisotopic (exact) mass is 667 g/mol.